The van der Waals surface area contributed by atoms with Crippen molar-refractivity contribution in [3.05, 3.63) is 66.1 Å². The van der Waals surface area contributed by atoms with E-state index >= 15 is 0 Å². The first kappa shape index (κ1) is 21.1. The third-order valence-electron chi connectivity index (χ3n) is 5.74. The minimum atomic E-state index is -3.24. The van der Waals surface area contributed by atoms with Crippen LogP contribution in [0, 0.1) is 5.41 Å². The number of hydrogen-bond donors (Lipinski definition) is 1. The Kier molecular flexibility index (Phi) is 5.13. The van der Waals surface area contributed by atoms with Crippen molar-refractivity contribution in [2.75, 3.05) is 19.3 Å². The van der Waals surface area contributed by atoms with Gasteiger partial charge in [-0.15, -0.1) is 0 Å². The van der Waals surface area contributed by atoms with Gasteiger partial charge in [0.05, 0.1) is 17.1 Å². The van der Waals surface area contributed by atoms with Crippen molar-refractivity contribution in [1.82, 2.24) is 14.5 Å². The Bertz CT molecular complexity index is 1290. The van der Waals surface area contributed by atoms with Crippen molar-refractivity contribution in [3.8, 4) is 0 Å². The van der Waals surface area contributed by atoms with Crippen molar-refractivity contribution in [2.24, 2.45) is 5.41 Å². The minimum Gasteiger partial charge on any atom is -0.465 e. The summed E-state index contributed by atoms with van der Waals surface area (Å²) >= 11 is 0. The van der Waals surface area contributed by atoms with Gasteiger partial charge in [0.25, 0.3) is 0 Å². The van der Waals surface area contributed by atoms with E-state index in [1.165, 1.54) is 11.2 Å². The molecule has 1 aliphatic heterocycles. The molecule has 0 saturated heterocycles. The zero-order valence-electron chi connectivity index (χ0n) is 17.7. The van der Waals surface area contributed by atoms with Crippen molar-refractivity contribution >= 4 is 32.4 Å². The lowest BCUT2D eigenvalue weighted by molar-refractivity contribution is 0.135. The highest BCUT2D eigenvalue weighted by Crippen LogP contribution is 2.38. The van der Waals surface area contributed by atoms with Crippen molar-refractivity contribution in [3.63, 3.8) is 0 Å². The Labute approximate surface area is 181 Å². The first-order valence-electron chi connectivity index (χ1n) is 9.97. The number of hydrogen-bond acceptors (Lipinski definition) is 4. The van der Waals surface area contributed by atoms with Gasteiger partial charge >= 0.3 is 6.09 Å². The van der Waals surface area contributed by atoms with Crippen molar-refractivity contribution < 1.29 is 18.3 Å². The molecule has 2 aromatic heterocycles. The van der Waals surface area contributed by atoms with Crippen LogP contribution in [-0.2, 0) is 16.4 Å². The van der Waals surface area contributed by atoms with E-state index < -0.39 is 15.9 Å². The number of carbonyl (C=O) groups is 1. The molecule has 0 unspecified atom stereocenters. The minimum absolute atomic E-state index is 0.298. The number of amides is 1. The number of sulfone groups is 1. The van der Waals surface area contributed by atoms with Crippen LogP contribution in [0.25, 0.3) is 16.5 Å². The molecule has 3 heterocycles. The van der Waals surface area contributed by atoms with Crippen molar-refractivity contribution in [1.29, 1.82) is 0 Å². The Morgan fingerprint density at radius 2 is 1.97 bits per heavy atom. The highest BCUT2D eigenvalue weighted by atomic mass is 32.2. The van der Waals surface area contributed by atoms with Crippen LogP contribution in [0.2, 0.25) is 0 Å². The van der Waals surface area contributed by atoms with Crippen LogP contribution in [0.5, 0.6) is 0 Å². The molecule has 0 saturated carbocycles. The molecule has 1 N–H and O–H groups in total. The van der Waals surface area contributed by atoms with Crippen LogP contribution in [0.3, 0.4) is 0 Å². The number of fused-ring (bicyclic) bond motifs is 1. The van der Waals surface area contributed by atoms with Gasteiger partial charge in [0.1, 0.15) is 0 Å². The molecule has 0 spiro atoms. The summed E-state index contributed by atoms with van der Waals surface area (Å²) in [5.74, 6) is 0. The van der Waals surface area contributed by atoms with Gasteiger partial charge in [0, 0.05) is 48.1 Å². The standard InChI is InChI=1S/C23H25N3O4S/c1-23(2)15-26(22(27)28)11-9-20(23)17-4-5-18(24-13-17)14-25-10-8-16-12-19(31(3,29)30)6-7-21(16)25/h4-10,12-13H,11,14-15H2,1-3H3,(H,27,28). The lowest BCUT2D eigenvalue weighted by Gasteiger charge is -2.37. The molecule has 0 radical (unpaired) electrons. The third kappa shape index (κ3) is 4.20. The number of benzene rings is 1. The second kappa shape index (κ2) is 7.53. The summed E-state index contributed by atoms with van der Waals surface area (Å²) < 4.78 is 25.6. The fourth-order valence-corrected chi connectivity index (χ4v) is 4.81. The SMILES string of the molecule is CC1(C)CN(C(=O)O)CC=C1c1ccc(Cn2ccc3cc(S(C)(=O)=O)ccc32)nc1. The zero-order valence-corrected chi connectivity index (χ0v) is 18.6. The molecule has 1 aliphatic rings. The number of rotatable bonds is 4. The van der Waals surface area contributed by atoms with Crippen LogP contribution in [0.15, 0.2) is 59.8 Å². The number of pyridine rings is 1. The van der Waals surface area contributed by atoms with E-state index in [9.17, 15) is 18.3 Å². The quantitative estimate of drug-likeness (QED) is 0.666. The fraction of sp³-hybridized carbons (Fsp3) is 0.304. The monoisotopic (exact) mass is 439 g/mol. The largest absolute Gasteiger partial charge is 0.465 e. The Morgan fingerprint density at radius 1 is 1.19 bits per heavy atom. The van der Waals surface area contributed by atoms with E-state index in [1.807, 2.05) is 61.1 Å². The molecule has 162 valence electrons. The second-order valence-corrected chi connectivity index (χ2v) is 10.7. The summed E-state index contributed by atoms with van der Waals surface area (Å²) in [5.41, 5.74) is 3.63. The molecule has 3 aromatic rings. The molecule has 0 aliphatic carbocycles. The van der Waals surface area contributed by atoms with Crippen LogP contribution in [0.4, 0.5) is 4.79 Å². The van der Waals surface area contributed by atoms with Crippen LogP contribution < -0.4 is 0 Å². The maximum Gasteiger partial charge on any atom is 0.407 e. The summed E-state index contributed by atoms with van der Waals surface area (Å²) in [7, 11) is -3.24. The van der Waals surface area contributed by atoms with Crippen LogP contribution in [0.1, 0.15) is 25.1 Å². The van der Waals surface area contributed by atoms with Gasteiger partial charge in [-0.1, -0.05) is 26.0 Å². The Hall–Kier alpha value is -3.13. The molecule has 1 aromatic carbocycles. The molecule has 0 atom stereocenters. The normalized spacial score (nSPS) is 16.4. The summed E-state index contributed by atoms with van der Waals surface area (Å²) in [6.45, 7) is 5.47. The average molecular weight is 440 g/mol. The highest BCUT2D eigenvalue weighted by Gasteiger charge is 2.32. The fourth-order valence-electron chi connectivity index (χ4n) is 4.16. The van der Waals surface area contributed by atoms with E-state index in [-0.39, 0.29) is 5.41 Å². The first-order chi connectivity index (χ1) is 14.5. The van der Waals surface area contributed by atoms with Gasteiger partial charge in [-0.25, -0.2) is 13.2 Å². The molecular weight excluding hydrogens is 414 g/mol. The number of carboxylic acid groups (broad SMARTS) is 1. The Morgan fingerprint density at radius 3 is 2.58 bits per heavy atom. The molecule has 4 rings (SSSR count). The van der Waals surface area contributed by atoms with E-state index in [4.69, 9.17) is 0 Å². The van der Waals surface area contributed by atoms with Gasteiger partial charge in [0.15, 0.2) is 9.84 Å². The molecule has 0 fully saturated rings. The maximum atomic E-state index is 11.8. The predicted molar refractivity (Wildman–Crippen MR) is 120 cm³/mol. The van der Waals surface area contributed by atoms with E-state index in [0.717, 1.165) is 27.7 Å². The Balaban J connectivity index is 1.56. The van der Waals surface area contributed by atoms with E-state index in [2.05, 4.69) is 4.98 Å². The zero-order chi connectivity index (χ0) is 22.4. The van der Waals surface area contributed by atoms with Crippen LogP contribution in [-0.4, -0.2) is 53.4 Å². The molecule has 31 heavy (non-hydrogen) atoms. The number of nitrogens with zero attached hydrogens (tertiary/aromatic N) is 3. The van der Waals surface area contributed by atoms with Gasteiger partial charge in [0.2, 0.25) is 0 Å². The predicted octanol–water partition coefficient (Wildman–Crippen LogP) is 3.89. The van der Waals surface area contributed by atoms with Gasteiger partial charge in [-0.3, -0.25) is 4.98 Å². The molecule has 1 amide bonds. The summed E-state index contributed by atoms with van der Waals surface area (Å²) in [6, 6.07) is 11.1. The third-order valence-corrected chi connectivity index (χ3v) is 6.85. The van der Waals surface area contributed by atoms with E-state index in [0.29, 0.717) is 24.5 Å². The lowest BCUT2D eigenvalue weighted by Crippen LogP contribution is -2.42. The van der Waals surface area contributed by atoms with Crippen LogP contribution >= 0.6 is 0 Å². The van der Waals surface area contributed by atoms with E-state index in [1.54, 1.807) is 12.1 Å². The van der Waals surface area contributed by atoms with Crippen molar-refractivity contribution in [2.45, 2.75) is 25.3 Å². The molecule has 0 bridgehead atoms. The molecule has 8 heteroatoms. The van der Waals surface area contributed by atoms with Gasteiger partial charge < -0.3 is 14.6 Å². The average Bonchev–Trinajstić information content (AvgIpc) is 3.09. The topological polar surface area (TPSA) is 92.5 Å². The summed E-state index contributed by atoms with van der Waals surface area (Å²) in [6.07, 6.45) is 6.04. The summed E-state index contributed by atoms with van der Waals surface area (Å²) in [5, 5.41) is 10.1. The molecule has 7 nitrogen and oxygen atoms in total. The number of aromatic nitrogens is 2. The summed E-state index contributed by atoms with van der Waals surface area (Å²) in [4.78, 5) is 17.6. The van der Waals surface area contributed by atoms with Gasteiger partial charge in [-0.05, 0) is 41.5 Å². The maximum absolute atomic E-state index is 11.8. The highest BCUT2D eigenvalue weighted by molar-refractivity contribution is 7.90. The second-order valence-electron chi connectivity index (χ2n) is 8.64. The smallest absolute Gasteiger partial charge is 0.407 e. The van der Waals surface area contributed by atoms with Gasteiger partial charge in [-0.2, -0.15) is 0 Å². The lowest BCUT2D eigenvalue weighted by atomic mass is 9.78. The first-order valence-corrected chi connectivity index (χ1v) is 11.9. The molecular formula is C23H25N3O4S.